The summed E-state index contributed by atoms with van der Waals surface area (Å²) in [6, 6.07) is 5.92. The molecule has 1 amide bonds. The Morgan fingerprint density at radius 3 is 2.56 bits per heavy atom. The molecule has 1 unspecified atom stereocenters. The number of Topliss-reactive ketones (excluding diaryl/α,β-unsaturated/α-hetero) is 1. The van der Waals surface area contributed by atoms with Gasteiger partial charge in [-0.1, -0.05) is 26.0 Å². The summed E-state index contributed by atoms with van der Waals surface area (Å²) in [6.07, 6.45) is 0.313. The maximum Gasteiger partial charge on any atom is 0.230 e. The molecule has 0 spiro atoms. The summed E-state index contributed by atoms with van der Waals surface area (Å²) in [5, 5.41) is 0. The third-order valence-electron chi connectivity index (χ3n) is 3.55. The van der Waals surface area contributed by atoms with E-state index >= 15 is 0 Å². The quantitative estimate of drug-likeness (QED) is 0.803. The third kappa shape index (κ3) is 2.05. The molecule has 0 saturated heterocycles. The molecule has 1 atom stereocenters. The van der Waals surface area contributed by atoms with Crippen LogP contribution >= 0.6 is 0 Å². The normalized spacial score (nSPS) is 18.1. The summed E-state index contributed by atoms with van der Waals surface area (Å²) in [5.74, 6) is 0.211. The van der Waals surface area contributed by atoms with Crippen molar-refractivity contribution in [1.29, 1.82) is 0 Å². The largest absolute Gasteiger partial charge is 0.348 e. The molecule has 0 saturated carbocycles. The lowest BCUT2D eigenvalue weighted by Crippen LogP contribution is -2.27. The third-order valence-corrected chi connectivity index (χ3v) is 3.55. The number of ketones is 1. The predicted molar refractivity (Wildman–Crippen MR) is 70.9 cm³/mol. The molecular weight excluding hydrogens is 226 g/mol. The molecule has 1 aliphatic rings. The lowest BCUT2D eigenvalue weighted by Gasteiger charge is -2.16. The smallest absolute Gasteiger partial charge is 0.230 e. The Kier molecular flexibility index (Phi) is 3.24. The maximum absolute atomic E-state index is 12.0. The van der Waals surface area contributed by atoms with Crippen LogP contribution in [0.15, 0.2) is 18.2 Å². The van der Waals surface area contributed by atoms with E-state index in [-0.39, 0.29) is 17.6 Å². The second-order valence-electron chi connectivity index (χ2n) is 5.41. The predicted octanol–water partition coefficient (Wildman–Crippen LogP) is 2.57. The number of hydrogen-bond donors (Lipinski definition) is 0. The zero-order valence-corrected chi connectivity index (χ0v) is 11.4. The molecule has 0 radical (unpaired) electrons. The van der Waals surface area contributed by atoms with Gasteiger partial charge in [-0.3, -0.25) is 9.59 Å². The Labute approximate surface area is 108 Å². The Balaban J connectivity index is 2.42. The molecule has 0 bridgehead atoms. The van der Waals surface area contributed by atoms with E-state index < -0.39 is 0 Å². The minimum atomic E-state index is -0.288. The molecule has 2 rings (SSSR count). The van der Waals surface area contributed by atoms with Crippen LogP contribution in [-0.4, -0.2) is 30.7 Å². The van der Waals surface area contributed by atoms with Gasteiger partial charge in [-0.05, 0) is 23.1 Å². The number of likely N-dealkylation sites (N-methyl/N-ethyl adjacent to an activating group) is 1. The molecule has 18 heavy (non-hydrogen) atoms. The first kappa shape index (κ1) is 12.8. The molecule has 0 aliphatic heterocycles. The summed E-state index contributed by atoms with van der Waals surface area (Å²) in [4.78, 5) is 25.6. The van der Waals surface area contributed by atoms with Gasteiger partial charge in [0.05, 0.1) is 5.92 Å². The van der Waals surface area contributed by atoms with Crippen LogP contribution in [0.1, 0.15) is 53.6 Å². The molecular formula is C15H19NO2. The Hall–Kier alpha value is -1.64. The van der Waals surface area contributed by atoms with Crippen LogP contribution < -0.4 is 0 Å². The highest BCUT2D eigenvalue weighted by atomic mass is 16.2. The van der Waals surface area contributed by atoms with Gasteiger partial charge in [0.25, 0.3) is 0 Å². The molecule has 3 nitrogen and oxygen atoms in total. The van der Waals surface area contributed by atoms with E-state index in [2.05, 4.69) is 13.8 Å². The number of rotatable bonds is 2. The Morgan fingerprint density at radius 2 is 2.00 bits per heavy atom. The monoisotopic (exact) mass is 245 g/mol. The summed E-state index contributed by atoms with van der Waals surface area (Å²) in [7, 11) is 3.46. The van der Waals surface area contributed by atoms with Crippen molar-refractivity contribution in [1.82, 2.24) is 4.90 Å². The average molecular weight is 245 g/mol. The SMILES string of the molecule is CC(C)c1ccc2c(c1)C(=O)CC2C(=O)N(C)C. The highest BCUT2D eigenvalue weighted by molar-refractivity contribution is 6.06. The molecule has 3 heteroatoms. The number of amides is 1. The molecule has 0 N–H and O–H groups in total. The number of benzene rings is 1. The van der Waals surface area contributed by atoms with Crippen LogP contribution in [0.2, 0.25) is 0 Å². The lowest BCUT2D eigenvalue weighted by molar-refractivity contribution is -0.130. The number of fused-ring (bicyclic) bond motifs is 1. The molecule has 1 aliphatic carbocycles. The first-order valence-electron chi connectivity index (χ1n) is 6.30. The van der Waals surface area contributed by atoms with Crippen LogP contribution in [-0.2, 0) is 4.79 Å². The van der Waals surface area contributed by atoms with Gasteiger partial charge < -0.3 is 4.90 Å². The van der Waals surface area contributed by atoms with Crippen LogP contribution in [0.3, 0.4) is 0 Å². The van der Waals surface area contributed by atoms with Crippen molar-refractivity contribution in [3.63, 3.8) is 0 Å². The van der Waals surface area contributed by atoms with Gasteiger partial charge in [0.1, 0.15) is 0 Å². The van der Waals surface area contributed by atoms with E-state index in [1.54, 1.807) is 19.0 Å². The van der Waals surface area contributed by atoms with Crippen LogP contribution in [0.4, 0.5) is 0 Å². The fourth-order valence-corrected chi connectivity index (χ4v) is 2.42. The number of nitrogens with zero attached hydrogens (tertiary/aromatic N) is 1. The van der Waals surface area contributed by atoms with Crippen molar-refractivity contribution in [2.24, 2.45) is 0 Å². The van der Waals surface area contributed by atoms with E-state index in [0.717, 1.165) is 16.7 Å². The molecule has 1 aromatic rings. The van der Waals surface area contributed by atoms with Gasteiger partial charge in [0.2, 0.25) is 5.91 Å². The van der Waals surface area contributed by atoms with Crippen molar-refractivity contribution >= 4 is 11.7 Å². The van der Waals surface area contributed by atoms with E-state index in [1.165, 1.54) is 0 Å². The van der Waals surface area contributed by atoms with Crippen molar-refractivity contribution in [3.05, 3.63) is 34.9 Å². The van der Waals surface area contributed by atoms with E-state index in [1.807, 2.05) is 18.2 Å². The van der Waals surface area contributed by atoms with Crippen molar-refractivity contribution in [2.45, 2.75) is 32.1 Å². The molecule has 0 heterocycles. The number of hydrogen-bond acceptors (Lipinski definition) is 2. The number of carbonyl (C=O) groups is 2. The lowest BCUT2D eigenvalue weighted by atomic mass is 9.95. The first-order valence-corrected chi connectivity index (χ1v) is 6.30. The van der Waals surface area contributed by atoms with Crippen LogP contribution in [0.25, 0.3) is 0 Å². The van der Waals surface area contributed by atoms with Gasteiger partial charge in [0.15, 0.2) is 5.78 Å². The van der Waals surface area contributed by atoms with Gasteiger partial charge in [0, 0.05) is 26.1 Å². The minimum Gasteiger partial charge on any atom is -0.348 e. The highest BCUT2D eigenvalue weighted by Gasteiger charge is 2.35. The second kappa shape index (κ2) is 4.56. The Bertz CT molecular complexity index is 503. The fourth-order valence-electron chi connectivity index (χ4n) is 2.42. The van der Waals surface area contributed by atoms with Crippen molar-refractivity contribution < 1.29 is 9.59 Å². The van der Waals surface area contributed by atoms with Gasteiger partial charge in [-0.25, -0.2) is 0 Å². The van der Waals surface area contributed by atoms with Gasteiger partial charge in [-0.2, -0.15) is 0 Å². The summed E-state index contributed by atoms with van der Waals surface area (Å²) < 4.78 is 0. The second-order valence-corrected chi connectivity index (χ2v) is 5.41. The summed E-state index contributed by atoms with van der Waals surface area (Å²) in [5.41, 5.74) is 2.78. The zero-order valence-electron chi connectivity index (χ0n) is 11.4. The Morgan fingerprint density at radius 1 is 1.33 bits per heavy atom. The van der Waals surface area contributed by atoms with Gasteiger partial charge in [-0.15, -0.1) is 0 Å². The summed E-state index contributed by atoms with van der Waals surface area (Å²) in [6.45, 7) is 4.20. The first-order chi connectivity index (χ1) is 8.41. The average Bonchev–Trinajstić information content (AvgIpc) is 2.65. The molecule has 1 aromatic carbocycles. The molecule has 0 fully saturated rings. The van der Waals surface area contributed by atoms with E-state index in [0.29, 0.717) is 12.3 Å². The molecule has 0 aromatic heterocycles. The van der Waals surface area contributed by atoms with Crippen LogP contribution in [0, 0.1) is 0 Å². The topological polar surface area (TPSA) is 37.4 Å². The van der Waals surface area contributed by atoms with E-state index in [9.17, 15) is 9.59 Å². The molecule has 96 valence electrons. The van der Waals surface area contributed by atoms with E-state index in [4.69, 9.17) is 0 Å². The highest BCUT2D eigenvalue weighted by Crippen LogP contribution is 2.35. The van der Waals surface area contributed by atoms with Crippen molar-refractivity contribution in [2.75, 3.05) is 14.1 Å². The van der Waals surface area contributed by atoms with Gasteiger partial charge >= 0.3 is 0 Å². The number of carbonyl (C=O) groups excluding carboxylic acids is 2. The van der Waals surface area contributed by atoms with Crippen molar-refractivity contribution in [3.8, 4) is 0 Å². The maximum atomic E-state index is 12.0. The fraction of sp³-hybridized carbons (Fsp3) is 0.467. The minimum absolute atomic E-state index is 0.0133. The zero-order chi connectivity index (χ0) is 13.4. The van der Waals surface area contributed by atoms with Crippen LogP contribution in [0.5, 0.6) is 0 Å². The standard InChI is InChI=1S/C15H19NO2/c1-9(2)10-5-6-11-12(7-10)14(17)8-13(11)15(18)16(3)4/h5-7,9,13H,8H2,1-4H3. The summed E-state index contributed by atoms with van der Waals surface area (Å²) >= 11 is 0.